The van der Waals surface area contributed by atoms with Gasteiger partial charge >= 0.3 is 0 Å². The number of fused-ring (bicyclic) bond motifs is 1. The number of ketones is 1. The number of ether oxygens (including phenoxy) is 2. The SMILES string of the molecule is C=CC(=O)CCC1CCOc2cc(Oc3ccc(Cl)cc3)ccc21. The molecule has 2 aromatic carbocycles. The predicted molar refractivity (Wildman–Crippen MR) is 95.3 cm³/mol. The van der Waals surface area contributed by atoms with Crippen LogP contribution in [0.3, 0.4) is 0 Å². The quantitative estimate of drug-likeness (QED) is 0.647. The maximum Gasteiger partial charge on any atom is 0.155 e. The molecule has 0 saturated carbocycles. The van der Waals surface area contributed by atoms with Crippen LogP contribution < -0.4 is 9.47 Å². The van der Waals surface area contributed by atoms with Gasteiger partial charge in [0.1, 0.15) is 17.2 Å². The maximum atomic E-state index is 11.5. The third-order valence-electron chi connectivity index (χ3n) is 4.16. The molecule has 0 bridgehead atoms. The van der Waals surface area contributed by atoms with E-state index < -0.39 is 0 Å². The Balaban J connectivity index is 1.73. The van der Waals surface area contributed by atoms with Crippen LogP contribution in [0.1, 0.15) is 30.7 Å². The number of hydrogen-bond acceptors (Lipinski definition) is 3. The third-order valence-corrected chi connectivity index (χ3v) is 4.42. The van der Waals surface area contributed by atoms with Crippen molar-refractivity contribution in [1.82, 2.24) is 0 Å². The first-order valence-corrected chi connectivity index (χ1v) is 8.39. The second kappa shape index (κ2) is 7.54. The van der Waals surface area contributed by atoms with Crippen LogP contribution in [0.15, 0.2) is 55.1 Å². The van der Waals surface area contributed by atoms with Gasteiger partial charge < -0.3 is 9.47 Å². The molecule has 0 saturated heterocycles. The van der Waals surface area contributed by atoms with Gasteiger partial charge in [-0.25, -0.2) is 0 Å². The second-order valence-electron chi connectivity index (χ2n) is 5.80. The number of hydrogen-bond donors (Lipinski definition) is 0. The minimum atomic E-state index is 0.0886. The molecule has 1 aliphatic heterocycles. The molecule has 0 radical (unpaired) electrons. The van der Waals surface area contributed by atoms with Crippen molar-refractivity contribution in [3.05, 3.63) is 65.7 Å². The summed E-state index contributed by atoms with van der Waals surface area (Å²) in [6.07, 6.45) is 3.66. The van der Waals surface area contributed by atoms with Gasteiger partial charge in [0.15, 0.2) is 5.78 Å². The molecule has 3 nitrogen and oxygen atoms in total. The molecule has 4 heteroatoms. The van der Waals surface area contributed by atoms with Gasteiger partial charge in [-0.05, 0) is 60.7 Å². The van der Waals surface area contributed by atoms with Crippen LogP contribution in [0.5, 0.6) is 17.2 Å². The maximum absolute atomic E-state index is 11.5. The molecule has 0 N–H and O–H groups in total. The molecule has 0 aliphatic carbocycles. The first kappa shape index (κ1) is 16.6. The summed E-state index contributed by atoms with van der Waals surface area (Å²) in [7, 11) is 0. The summed E-state index contributed by atoms with van der Waals surface area (Å²) in [6, 6.07) is 13.1. The van der Waals surface area contributed by atoms with Crippen LogP contribution in [-0.2, 0) is 4.79 Å². The van der Waals surface area contributed by atoms with E-state index in [0.29, 0.717) is 24.0 Å². The number of carbonyl (C=O) groups is 1. The lowest BCUT2D eigenvalue weighted by Crippen LogP contribution is -2.15. The van der Waals surface area contributed by atoms with Crippen molar-refractivity contribution in [3.63, 3.8) is 0 Å². The van der Waals surface area contributed by atoms with E-state index in [9.17, 15) is 4.79 Å². The highest BCUT2D eigenvalue weighted by molar-refractivity contribution is 6.30. The standard InChI is InChI=1S/C20H19ClO3/c1-2-16(22)6-3-14-11-12-23-20-13-18(9-10-19(14)20)24-17-7-4-15(21)5-8-17/h2,4-5,7-10,13-14H,1,3,6,11-12H2. The van der Waals surface area contributed by atoms with Crippen molar-refractivity contribution < 1.29 is 14.3 Å². The van der Waals surface area contributed by atoms with Crippen molar-refractivity contribution in [1.29, 1.82) is 0 Å². The first-order valence-electron chi connectivity index (χ1n) is 8.01. The van der Waals surface area contributed by atoms with Gasteiger partial charge in [0.05, 0.1) is 6.61 Å². The van der Waals surface area contributed by atoms with Gasteiger partial charge in [-0.3, -0.25) is 4.79 Å². The molecule has 3 rings (SSSR count). The molecule has 0 spiro atoms. The molecule has 0 aromatic heterocycles. The molecule has 0 amide bonds. The summed E-state index contributed by atoms with van der Waals surface area (Å²) < 4.78 is 11.6. The molecule has 24 heavy (non-hydrogen) atoms. The monoisotopic (exact) mass is 342 g/mol. The van der Waals surface area contributed by atoms with Crippen molar-refractivity contribution in [2.75, 3.05) is 6.61 Å². The van der Waals surface area contributed by atoms with Gasteiger partial charge in [-0.2, -0.15) is 0 Å². The summed E-state index contributed by atoms with van der Waals surface area (Å²) in [5, 5.41) is 0.674. The molecule has 1 heterocycles. The number of allylic oxidation sites excluding steroid dienone is 1. The summed E-state index contributed by atoms with van der Waals surface area (Å²) >= 11 is 5.88. The molecular formula is C20H19ClO3. The number of halogens is 1. The highest BCUT2D eigenvalue weighted by Gasteiger charge is 2.22. The van der Waals surface area contributed by atoms with Crippen LogP contribution in [0, 0.1) is 0 Å². The van der Waals surface area contributed by atoms with E-state index in [1.807, 2.05) is 30.3 Å². The van der Waals surface area contributed by atoms with Gasteiger partial charge in [-0.15, -0.1) is 0 Å². The Morgan fingerprint density at radius 3 is 2.75 bits per heavy atom. The number of benzene rings is 2. The van der Waals surface area contributed by atoms with Crippen molar-refractivity contribution in [2.45, 2.75) is 25.2 Å². The minimum Gasteiger partial charge on any atom is -0.493 e. The Morgan fingerprint density at radius 2 is 2.00 bits per heavy atom. The molecule has 2 aromatic rings. The number of rotatable bonds is 6. The summed E-state index contributed by atoms with van der Waals surface area (Å²) in [6.45, 7) is 4.18. The topological polar surface area (TPSA) is 35.5 Å². The van der Waals surface area contributed by atoms with Crippen LogP contribution in [-0.4, -0.2) is 12.4 Å². The average Bonchev–Trinajstić information content (AvgIpc) is 2.61. The second-order valence-corrected chi connectivity index (χ2v) is 6.24. The van der Waals surface area contributed by atoms with Gasteiger partial charge in [-0.1, -0.05) is 24.2 Å². The fraction of sp³-hybridized carbons (Fsp3) is 0.250. The lowest BCUT2D eigenvalue weighted by Gasteiger charge is -2.26. The van der Waals surface area contributed by atoms with Crippen LogP contribution >= 0.6 is 11.6 Å². The zero-order chi connectivity index (χ0) is 16.9. The fourth-order valence-electron chi connectivity index (χ4n) is 2.86. The summed E-state index contributed by atoms with van der Waals surface area (Å²) in [5.41, 5.74) is 1.14. The molecular weight excluding hydrogens is 324 g/mol. The summed E-state index contributed by atoms with van der Waals surface area (Å²) in [4.78, 5) is 11.5. The molecule has 1 unspecified atom stereocenters. The van der Waals surface area contributed by atoms with Crippen LogP contribution in [0.2, 0.25) is 5.02 Å². The van der Waals surface area contributed by atoms with Crippen molar-refractivity contribution in [2.24, 2.45) is 0 Å². The zero-order valence-corrected chi connectivity index (χ0v) is 14.1. The van der Waals surface area contributed by atoms with E-state index in [2.05, 4.69) is 6.58 Å². The Kier molecular flexibility index (Phi) is 5.21. The minimum absolute atomic E-state index is 0.0886. The van der Waals surface area contributed by atoms with Gasteiger partial charge in [0.2, 0.25) is 0 Å². The van der Waals surface area contributed by atoms with Crippen LogP contribution in [0.25, 0.3) is 0 Å². The normalized spacial score (nSPS) is 16.0. The molecule has 1 atom stereocenters. The van der Waals surface area contributed by atoms with E-state index >= 15 is 0 Å². The largest absolute Gasteiger partial charge is 0.493 e. The molecule has 0 fully saturated rings. The third kappa shape index (κ3) is 3.98. The Labute approximate surface area is 146 Å². The number of carbonyl (C=O) groups excluding carboxylic acids is 1. The highest BCUT2D eigenvalue weighted by Crippen LogP contribution is 2.39. The van der Waals surface area contributed by atoms with E-state index in [4.69, 9.17) is 21.1 Å². The van der Waals surface area contributed by atoms with Crippen molar-refractivity contribution in [3.8, 4) is 17.2 Å². The Hall–Kier alpha value is -2.26. The molecule has 1 aliphatic rings. The molecule has 124 valence electrons. The van der Waals surface area contributed by atoms with Gasteiger partial charge in [0.25, 0.3) is 0 Å². The summed E-state index contributed by atoms with van der Waals surface area (Å²) in [5.74, 6) is 2.71. The lowest BCUT2D eigenvalue weighted by molar-refractivity contribution is -0.114. The highest BCUT2D eigenvalue weighted by atomic mass is 35.5. The lowest BCUT2D eigenvalue weighted by atomic mass is 9.88. The Bertz CT molecular complexity index is 737. The predicted octanol–water partition coefficient (Wildman–Crippen LogP) is 5.53. The fourth-order valence-corrected chi connectivity index (χ4v) is 2.99. The smallest absolute Gasteiger partial charge is 0.155 e. The average molecular weight is 343 g/mol. The van der Waals surface area contributed by atoms with Crippen LogP contribution in [0.4, 0.5) is 0 Å². The Morgan fingerprint density at radius 1 is 1.25 bits per heavy atom. The van der Waals surface area contributed by atoms with E-state index in [1.165, 1.54) is 6.08 Å². The van der Waals surface area contributed by atoms with Crippen molar-refractivity contribution >= 4 is 17.4 Å². The van der Waals surface area contributed by atoms with E-state index in [0.717, 1.165) is 35.7 Å². The van der Waals surface area contributed by atoms with Gasteiger partial charge in [0, 0.05) is 17.5 Å². The zero-order valence-electron chi connectivity index (χ0n) is 13.3. The van der Waals surface area contributed by atoms with E-state index in [-0.39, 0.29) is 5.78 Å². The van der Waals surface area contributed by atoms with E-state index in [1.54, 1.807) is 12.1 Å². The first-order chi connectivity index (χ1) is 11.7.